The lowest BCUT2D eigenvalue weighted by atomic mass is 10.0. The topological polar surface area (TPSA) is 18.5 Å². The first kappa shape index (κ1) is 17.3. The minimum atomic E-state index is 0.0547. The van der Waals surface area contributed by atoms with Crippen LogP contribution in [0.15, 0.2) is 54.5 Å². The lowest BCUT2D eigenvalue weighted by molar-refractivity contribution is 0.273. The summed E-state index contributed by atoms with van der Waals surface area (Å²) in [4.78, 5) is 0. The summed E-state index contributed by atoms with van der Waals surface area (Å²) in [5, 5.41) is 9.17. The number of fused-ring (bicyclic) bond motifs is 1. The molecule has 134 valence electrons. The van der Waals surface area contributed by atoms with Gasteiger partial charge in [0.25, 0.3) is 0 Å². The molecule has 2 heterocycles. The monoisotopic (exact) mass is 385 g/mol. The van der Waals surface area contributed by atoms with Crippen LogP contribution in [0, 0.1) is 20.8 Å². The van der Waals surface area contributed by atoms with Crippen molar-refractivity contribution in [1.29, 1.82) is 0 Å². The third-order valence-corrected chi connectivity index (χ3v) is 5.92. The summed E-state index contributed by atoms with van der Waals surface area (Å²) >= 11 is 12.4. The molecule has 0 saturated heterocycles. The second-order valence-electron chi connectivity index (χ2n) is 6.81. The maximum Gasteiger partial charge on any atom is 0.123 e. The molecule has 3 nitrogen and oxygen atoms in total. The average molecular weight is 386 g/mol. The molecule has 26 heavy (non-hydrogen) atoms. The quantitative estimate of drug-likeness (QED) is 0.719. The smallest absolute Gasteiger partial charge is 0.123 e. The van der Waals surface area contributed by atoms with Gasteiger partial charge in [0.1, 0.15) is 5.82 Å². The van der Waals surface area contributed by atoms with Gasteiger partial charge in [-0.15, -0.1) is 0 Å². The number of benzene rings is 2. The maximum absolute atomic E-state index is 6.28. The number of rotatable bonds is 2. The number of anilines is 1. The van der Waals surface area contributed by atoms with Gasteiger partial charge in [0.2, 0.25) is 0 Å². The average Bonchev–Trinajstić information content (AvgIpc) is 3.05. The number of nitrogens with one attached hydrogen (secondary N) is 1. The molecule has 0 aromatic heterocycles. The standard InChI is InChI=1S/C21H21Cl2N3/c1-13-4-5-14(2)21(15(13)3)25-11-9-20-24-10-8-19(26(20)25)16-6-7-17(22)18(23)12-16/h4-10,12,19,24H,11H2,1-3H3. The molecule has 0 radical (unpaired) electrons. The molecule has 1 N–H and O–H groups in total. The number of hydrogen-bond acceptors (Lipinski definition) is 3. The molecule has 0 bridgehead atoms. The minimum Gasteiger partial charge on any atom is -0.347 e. The molecular weight excluding hydrogens is 365 g/mol. The largest absolute Gasteiger partial charge is 0.347 e. The number of halogens is 2. The van der Waals surface area contributed by atoms with Gasteiger partial charge in [-0.2, -0.15) is 0 Å². The Labute approximate surface area is 164 Å². The normalized spacial score (nSPS) is 18.7. The Balaban J connectivity index is 1.80. The highest BCUT2D eigenvalue weighted by Gasteiger charge is 2.34. The van der Waals surface area contributed by atoms with E-state index in [1.165, 1.54) is 22.4 Å². The van der Waals surface area contributed by atoms with Crippen molar-refractivity contribution in [1.82, 2.24) is 10.3 Å². The van der Waals surface area contributed by atoms with Gasteiger partial charge < -0.3 is 5.32 Å². The molecule has 2 aromatic rings. The lowest BCUT2D eigenvalue weighted by Crippen LogP contribution is -2.44. The highest BCUT2D eigenvalue weighted by atomic mass is 35.5. The molecule has 4 rings (SSSR count). The van der Waals surface area contributed by atoms with Crippen molar-refractivity contribution >= 4 is 28.9 Å². The Morgan fingerprint density at radius 3 is 2.54 bits per heavy atom. The first-order valence-electron chi connectivity index (χ1n) is 8.69. The summed E-state index contributed by atoms with van der Waals surface area (Å²) < 4.78 is 0. The Hall–Kier alpha value is -2.10. The van der Waals surface area contributed by atoms with E-state index in [1.54, 1.807) is 0 Å². The first-order chi connectivity index (χ1) is 12.5. The molecule has 5 heteroatoms. The Kier molecular flexibility index (Phi) is 4.37. The van der Waals surface area contributed by atoms with Crippen molar-refractivity contribution in [3.8, 4) is 0 Å². The lowest BCUT2D eigenvalue weighted by Gasteiger charge is -2.42. The molecule has 0 aliphatic carbocycles. The summed E-state index contributed by atoms with van der Waals surface area (Å²) in [7, 11) is 0. The SMILES string of the molecule is Cc1ccc(C)c(N2CC=C3NC=CC(c4ccc(Cl)c(Cl)c4)N32)c1C. The molecule has 1 unspecified atom stereocenters. The third kappa shape index (κ3) is 2.76. The van der Waals surface area contributed by atoms with E-state index in [0.717, 1.165) is 17.9 Å². The van der Waals surface area contributed by atoms with Crippen LogP contribution >= 0.6 is 23.2 Å². The molecule has 2 aliphatic heterocycles. The van der Waals surface area contributed by atoms with Crippen LogP contribution in [-0.4, -0.2) is 11.6 Å². The van der Waals surface area contributed by atoms with Crippen LogP contribution in [0.25, 0.3) is 0 Å². The molecule has 0 saturated carbocycles. The fraction of sp³-hybridized carbons (Fsp3) is 0.238. The summed E-state index contributed by atoms with van der Waals surface area (Å²) in [6.45, 7) is 7.35. The molecular formula is C21H21Cl2N3. The summed E-state index contributed by atoms with van der Waals surface area (Å²) in [5.74, 6) is 1.09. The zero-order valence-corrected chi connectivity index (χ0v) is 16.6. The maximum atomic E-state index is 6.28. The highest BCUT2D eigenvalue weighted by molar-refractivity contribution is 6.42. The minimum absolute atomic E-state index is 0.0547. The van der Waals surface area contributed by atoms with Crippen molar-refractivity contribution < 1.29 is 0 Å². The Morgan fingerprint density at radius 2 is 1.77 bits per heavy atom. The van der Waals surface area contributed by atoms with E-state index >= 15 is 0 Å². The Bertz CT molecular complexity index is 933. The van der Waals surface area contributed by atoms with Crippen LogP contribution < -0.4 is 10.3 Å². The van der Waals surface area contributed by atoms with Gasteiger partial charge in [-0.1, -0.05) is 41.4 Å². The fourth-order valence-electron chi connectivity index (χ4n) is 3.70. The summed E-state index contributed by atoms with van der Waals surface area (Å²) in [6.07, 6.45) is 6.36. The predicted octanol–water partition coefficient (Wildman–Crippen LogP) is 5.66. The van der Waals surface area contributed by atoms with Gasteiger partial charge in [0, 0.05) is 6.20 Å². The van der Waals surface area contributed by atoms with E-state index in [9.17, 15) is 0 Å². The second-order valence-corrected chi connectivity index (χ2v) is 7.63. The molecule has 0 fully saturated rings. The van der Waals surface area contributed by atoms with E-state index in [1.807, 2.05) is 24.4 Å². The van der Waals surface area contributed by atoms with Gasteiger partial charge >= 0.3 is 0 Å². The molecule has 0 spiro atoms. The van der Waals surface area contributed by atoms with E-state index in [2.05, 4.69) is 60.4 Å². The summed E-state index contributed by atoms with van der Waals surface area (Å²) in [6, 6.07) is 10.3. The van der Waals surface area contributed by atoms with Gasteiger partial charge in [-0.3, -0.25) is 10.0 Å². The number of hydrazine groups is 1. The van der Waals surface area contributed by atoms with Gasteiger partial charge in [0.15, 0.2) is 0 Å². The van der Waals surface area contributed by atoms with Crippen LogP contribution in [0.4, 0.5) is 5.69 Å². The molecule has 1 atom stereocenters. The van der Waals surface area contributed by atoms with Crippen molar-refractivity contribution in [3.63, 3.8) is 0 Å². The second kappa shape index (κ2) is 6.57. The number of aryl methyl sites for hydroxylation is 2. The van der Waals surface area contributed by atoms with Crippen LogP contribution in [-0.2, 0) is 0 Å². The first-order valence-corrected chi connectivity index (χ1v) is 9.45. The van der Waals surface area contributed by atoms with Crippen molar-refractivity contribution in [3.05, 3.63) is 86.8 Å². The van der Waals surface area contributed by atoms with Gasteiger partial charge in [-0.25, -0.2) is 0 Å². The van der Waals surface area contributed by atoms with Crippen molar-refractivity contribution in [2.45, 2.75) is 26.8 Å². The van der Waals surface area contributed by atoms with E-state index in [4.69, 9.17) is 23.2 Å². The highest BCUT2D eigenvalue weighted by Crippen LogP contribution is 2.39. The van der Waals surface area contributed by atoms with Crippen LogP contribution in [0.2, 0.25) is 10.0 Å². The fourth-order valence-corrected chi connectivity index (χ4v) is 4.00. The molecule has 2 aromatic carbocycles. The molecule has 0 amide bonds. The Morgan fingerprint density at radius 1 is 1.00 bits per heavy atom. The van der Waals surface area contributed by atoms with Crippen molar-refractivity contribution in [2.75, 3.05) is 11.6 Å². The van der Waals surface area contributed by atoms with E-state index < -0.39 is 0 Å². The van der Waals surface area contributed by atoms with E-state index in [-0.39, 0.29) is 6.04 Å². The van der Waals surface area contributed by atoms with Gasteiger partial charge in [0.05, 0.1) is 28.3 Å². The number of nitrogens with zero attached hydrogens (tertiary/aromatic N) is 2. The zero-order chi connectivity index (χ0) is 18.4. The van der Waals surface area contributed by atoms with Crippen LogP contribution in [0.3, 0.4) is 0 Å². The van der Waals surface area contributed by atoms with E-state index in [0.29, 0.717) is 10.0 Å². The molecule has 2 aliphatic rings. The van der Waals surface area contributed by atoms with Gasteiger partial charge in [-0.05, 0) is 67.3 Å². The third-order valence-electron chi connectivity index (χ3n) is 5.18. The zero-order valence-electron chi connectivity index (χ0n) is 15.1. The predicted molar refractivity (Wildman–Crippen MR) is 109 cm³/mol. The number of hydrogen-bond donors (Lipinski definition) is 1. The van der Waals surface area contributed by atoms with Crippen LogP contribution in [0.5, 0.6) is 0 Å². The summed E-state index contributed by atoms with van der Waals surface area (Å²) in [5.41, 5.74) is 6.24. The van der Waals surface area contributed by atoms with Crippen LogP contribution in [0.1, 0.15) is 28.3 Å². The van der Waals surface area contributed by atoms with Crippen molar-refractivity contribution in [2.24, 2.45) is 0 Å².